The molecule has 0 bridgehead atoms. The average Bonchev–Trinajstić information content (AvgIpc) is 2.96. The van der Waals surface area contributed by atoms with Crippen molar-refractivity contribution in [2.45, 2.75) is 72.5 Å². The van der Waals surface area contributed by atoms with Crippen LogP contribution in [0.5, 0.6) is 0 Å². The Kier molecular flexibility index (Phi) is 4.71. The summed E-state index contributed by atoms with van der Waals surface area (Å²) >= 11 is 0. The largest absolute Gasteiger partial charge is 0.450 e. The zero-order valence-corrected chi connectivity index (χ0v) is 16.8. The quantitative estimate of drug-likeness (QED) is 0.570. The van der Waals surface area contributed by atoms with Crippen LogP contribution < -0.4 is 0 Å². The van der Waals surface area contributed by atoms with Crippen LogP contribution in [0, 0.1) is 29.1 Å². The minimum absolute atomic E-state index is 0.104. The number of hydrogen-bond acceptors (Lipinski definition) is 4. The van der Waals surface area contributed by atoms with E-state index in [2.05, 4.69) is 26.8 Å². The molecular weight excluding hydrogens is 328 g/mol. The molecule has 0 amide bonds. The summed E-state index contributed by atoms with van der Waals surface area (Å²) in [6.07, 6.45) is 5.79. The predicted octanol–water partition coefficient (Wildman–Crippen LogP) is 3.83. The molecule has 2 saturated carbocycles. The lowest BCUT2D eigenvalue weighted by Crippen LogP contribution is -2.48. The fourth-order valence-corrected chi connectivity index (χ4v) is 5.38. The molecule has 0 saturated heterocycles. The average molecular weight is 360 g/mol. The fourth-order valence-electron chi connectivity index (χ4n) is 5.38. The molecule has 0 unspecified atom stereocenters. The smallest absolute Gasteiger partial charge is 0.303 e. The monoisotopic (exact) mass is 360 g/mol. The Morgan fingerprint density at radius 3 is 2.50 bits per heavy atom. The Balaban J connectivity index is 2.11. The normalized spacial score (nSPS) is 44.0. The highest BCUT2D eigenvalue weighted by atomic mass is 16.6. The molecule has 26 heavy (non-hydrogen) atoms. The van der Waals surface area contributed by atoms with Gasteiger partial charge < -0.3 is 9.84 Å². The molecule has 0 heterocycles. The molecule has 4 nitrogen and oxygen atoms in total. The van der Waals surface area contributed by atoms with E-state index in [-0.39, 0.29) is 17.1 Å². The third-order valence-corrected chi connectivity index (χ3v) is 7.07. The molecule has 2 fully saturated rings. The van der Waals surface area contributed by atoms with Crippen LogP contribution >= 0.6 is 0 Å². The topological polar surface area (TPSA) is 63.6 Å². The molecule has 0 aromatic heterocycles. The Labute approximate surface area is 156 Å². The van der Waals surface area contributed by atoms with Crippen LogP contribution in [0.4, 0.5) is 0 Å². The molecule has 0 aromatic carbocycles. The van der Waals surface area contributed by atoms with Crippen molar-refractivity contribution in [1.29, 1.82) is 0 Å². The van der Waals surface area contributed by atoms with E-state index in [9.17, 15) is 14.7 Å². The fraction of sp³-hybridized carbons (Fsp3) is 0.727. The van der Waals surface area contributed by atoms with Gasteiger partial charge in [0, 0.05) is 13.3 Å². The van der Waals surface area contributed by atoms with Gasteiger partial charge in [0.15, 0.2) is 5.60 Å². The summed E-state index contributed by atoms with van der Waals surface area (Å²) in [5.74, 6) is -0.251. The van der Waals surface area contributed by atoms with E-state index in [0.29, 0.717) is 23.8 Å². The number of ketones is 1. The summed E-state index contributed by atoms with van der Waals surface area (Å²) in [5, 5.41) is 10.8. The number of carbonyl (C=O) groups excluding carboxylic acids is 2. The first-order chi connectivity index (χ1) is 12.0. The number of carbonyl (C=O) groups is 2. The van der Waals surface area contributed by atoms with E-state index in [0.717, 1.165) is 18.4 Å². The maximum Gasteiger partial charge on any atom is 0.303 e. The molecular formula is C22H32O4. The summed E-state index contributed by atoms with van der Waals surface area (Å²) in [4.78, 5) is 25.4. The molecule has 3 aliphatic carbocycles. The lowest BCUT2D eigenvalue weighted by molar-refractivity contribution is -0.167. The molecule has 1 N–H and O–H groups in total. The minimum atomic E-state index is -1.29. The first kappa shape index (κ1) is 19.3. The molecule has 0 radical (unpaired) electrons. The van der Waals surface area contributed by atoms with Crippen LogP contribution in [-0.4, -0.2) is 28.6 Å². The summed E-state index contributed by atoms with van der Waals surface area (Å²) in [5.41, 5.74) is 0.739. The van der Waals surface area contributed by atoms with Gasteiger partial charge in [-0.05, 0) is 55.4 Å². The van der Waals surface area contributed by atoms with E-state index in [1.807, 2.05) is 19.9 Å². The number of hydrogen-bond donors (Lipinski definition) is 1. The predicted molar refractivity (Wildman–Crippen MR) is 100 cm³/mol. The minimum Gasteiger partial charge on any atom is -0.450 e. The molecule has 3 rings (SSSR count). The van der Waals surface area contributed by atoms with Crippen LogP contribution in [-0.2, 0) is 14.3 Å². The van der Waals surface area contributed by atoms with Crippen LogP contribution in [0.3, 0.4) is 0 Å². The lowest BCUT2D eigenvalue weighted by Gasteiger charge is -2.33. The maximum absolute atomic E-state index is 13.5. The Bertz CT molecular complexity index is 686. The van der Waals surface area contributed by atoms with Crippen LogP contribution in [0.15, 0.2) is 23.3 Å². The Hall–Kier alpha value is -1.42. The maximum atomic E-state index is 13.5. The van der Waals surface area contributed by atoms with Gasteiger partial charge in [-0.2, -0.15) is 0 Å². The van der Waals surface area contributed by atoms with Crippen molar-refractivity contribution in [2.24, 2.45) is 29.1 Å². The SMILES string of the molecule is CC(=O)O[C@]12C[C@H](C)[C@H](O)[C@@H]1C=C(C)CC[C@H]1[C@@H](/C=C(\C)C2=O)C1(C)C. The van der Waals surface area contributed by atoms with Gasteiger partial charge in [0.2, 0.25) is 5.78 Å². The summed E-state index contributed by atoms with van der Waals surface area (Å²) in [7, 11) is 0. The van der Waals surface area contributed by atoms with Crippen molar-refractivity contribution < 1.29 is 19.4 Å². The molecule has 0 aliphatic heterocycles. The number of fused-ring (bicyclic) bond motifs is 2. The van der Waals surface area contributed by atoms with Gasteiger partial charge in [-0.25, -0.2) is 0 Å². The lowest BCUT2D eigenvalue weighted by atomic mass is 9.81. The summed E-state index contributed by atoms with van der Waals surface area (Å²) in [6, 6.07) is 0. The number of aliphatic hydroxyl groups excluding tert-OH is 1. The standard InChI is InChI=1S/C22H32O4/c1-12-7-8-16-17(21(16,5)6)10-13(2)20(25)22(26-15(4)23)11-14(3)19(24)18(22)9-12/h9-10,14,16-19,24H,7-8,11H2,1-6H3/b12-9?,13-10+/t14-,16-,17+,18-,19-,22+/m0/s1. The molecule has 144 valence electrons. The van der Waals surface area contributed by atoms with E-state index in [1.54, 1.807) is 0 Å². The first-order valence-electron chi connectivity index (χ1n) is 9.79. The summed E-state index contributed by atoms with van der Waals surface area (Å²) < 4.78 is 5.71. The molecule has 6 atom stereocenters. The van der Waals surface area contributed by atoms with Gasteiger partial charge in [0.25, 0.3) is 0 Å². The highest BCUT2D eigenvalue weighted by Crippen LogP contribution is 2.62. The number of allylic oxidation sites excluding steroid dienone is 2. The van der Waals surface area contributed by atoms with Crippen molar-refractivity contribution in [2.75, 3.05) is 0 Å². The summed E-state index contributed by atoms with van der Waals surface area (Å²) in [6.45, 7) is 11.7. The van der Waals surface area contributed by atoms with Crippen LogP contribution in [0.2, 0.25) is 0 Å². The zero-order chi connectivity index (χ0) is 19.4. The number of rotatable bonds is 1. The van der Waals surface area contributed by atoms with E-state index < -0.39 is 23.6 Å². The van der Waals surface area contributed by atoms with Crippen LogP contribution in [0.1, 0.15) is 60.8 Å². The van der Waals surface area contributed by atoms with E-state index in [4.69, 9.17) is 4.74 Å². The van der Waals surface area contributed by atoms with Crippen molar-refractivity contribution in [1.82, 2.24) is 0 Å². The van der Waals surface area contributed by atoms with Gasteiger partial charge in [-0.15, -0.1) is 0 Å². The number of ether oxygens (including phenoxy) is 1. The van der Waals surface area contributed by atoms with Crippen molar-refractivity contribution in [3.05, 3.63) is 23.3 Å². The van der Waals surface area contributed by atoms with Crippen molar-refractivity contribution in [3.63, 3.8) is 0 Å². The second-order valence-electron chi connectivity index (χ2n) is 9.37. The van der Waals surface area contributed by atoms with Gasteiger partial charge in [-0.1, -0.05) is 38.5 Å². The van der Waals surface area contributed by atoms with Crippen molar-refractivity contribution in [3.8, 4) is 0 Å². The third-order valence-electron chi connectivity index (χ3n) is 7.07. The molecule has 0 aromatic rings. The molecule has 4 heteroatoms. The van der Waals surface area contributed by atoms with E-state index in [1.165, 1.54) is 6.92 Å². The van der Waals surface area contributed by atoms with Gasteiger partial charge in [0.05, 0.1) is 12.0 Å². The van der Waals surface area contributed by atoms with Crippen LogP contribution in [0.25, 0.3) is 0 Å². The molecule has 0 spiro atoms. The van der Waals surface area contributed by atoms with E-state index >= 15 is 0 Å². The van der Waals surface area contributed by atoms with Gasteiger partial charge in [0.1, 0.15) is 0 Å². The Morgan fingerprint density at radius 1 is 1.23 bits per heavy atom. The van der Waals surface area contributed by atoms with Gasteiger partial charge in [-0.3, -0.25) is 9.59 Å². The van der Waals surface area contributed by atoms with Crippen molar-refractivity contribution >= 4 is 11.8 Å². The molecule has 3 aliphatic rings. The zero-order valence-electron chi connectivity index (χ0n) is 16.8. The number of aliphatic hydroxyl groups is 1. The Morgan fingerprint density at radius 2 is 1.88 bits per heavy atom. The third kappa shape index (κ3) is 2.96. The number of Topliss-reactive ketones (excluding diaryl/α,β-unsaturated/α-hetero) is 1. The van der Waals surface area contributed by atoms with Gasteiger partial charge >= 0.3 is 5.97 Å². The first-order valence-corrected chi connectivity index (χ1v) is 9.79. The second-order valence-corrected chi connectivity index (χ2v) is 9.37. The highest BCUT2D eigenvalue weighted by Gasteiger charge is 2.60. The number of esters is 1. The highest BCUT2D eigenvalue weighted by molar-refractivity contribution is 6.03. The second kappa shape index (κ2) is 6.33.